The number of hydrogen-bond acceptors (Lipinski definition) is 4. The molecule has 0 atom stereocenters. The van der Waals surface area contributed by atoms with E-state index in [-0.39, 0.29) is 5.91 Å². The van der Waals surface area contributed by atoms with Crippen molar-refractivity contribution in [2.24, 2.45) is 12.0 Å². The molecule has 130 valence electrons. The predicted octanol–water partition coefficient (Wildman–Crippen LogP) is 4.08. The minimum Gasteiger partial charge on any atom is -0.494 e. The number of nitrogens with zero attached hydrogens (tertiary/aromatic N) is 2. The summed E-state index contributed by atoms with van der Waals surface area (Å²) in [5.41, 5.74) is 2.83. The molecule has 5 nitrogen and oxygen atoms in total. The van der Waals surface area contributed by atoms with E-state index in [1.165, 1.54) is 11.8 Å². The molecule has 2 aromatic carbocycles. The van der Waals surface area contributed by atoms with Crippen LogP contribution in [0.4, 0.5) is 5.69 Å². The number of carbonyl (C=O) groups excluding carboxylic acids is 1. The molecule has 2 heterocycles. The van der Waals surface area contributed by atoms with E-state index >= 15 is 0 Å². The number of aryl methyl sites for hydroxylation is 1. The van der Waals surface area contributed by atoms with Gasteiger partial charge in [-0.2, -0.15) is 0 Å². The Morgan fingerprint density at radius 3 is 2.77 bits per heavy atom. The Hall–Kier alpha value is -2.99. The molecular weight excluding hydrogens is 346 g/mol. The van der Waals surface area contributed by atoms with Gasteiger partial charge in [0.25, 0.3) is 5.91 Å². The van der Waals surface area contributed by atoms with E-state index in [0.29, 0.717) is 21.5 Å². The maximum Gasteiger partial charge on any atom is 0.264 e. The molecule has 0 bridgehead atoms. The van der Waals surface area contributed by atoms with Crippen LogP contribution in [-0.2, 0) is 11.8 Å². The van der Waals surface area contributed by atoms with Crippen molar-refractivity contribution in [3.63, 3.8) is 0 Å². The quantitative estimate of drug-likeness (QED) is 0.714. The SMILES string of the molecule is COc1ccccc1N=C1NC(=O)/C(=C/c2cn(C)c3ccccc23)S1. The number of aromatic nitrogens is 1. The molecular formula is C20H17N3O2S. The fourth-order valence-corrected chi connectivity index (χ4v) is 3.77. The summed E-state index contributed by atoms with van der Waals surface area (Å²) >= 11 is 1.33. The van der Waals surface area contributed by atoms with Crippen LogP contribution in [-0.4, -0.2) is 22.8 Å². The molecule has 1 aliphatic rings. The summed E-state index contributed by atoms with van der Waals surface area (Å²) in [6.45, 7) is 0. The molecule has 0 saturated carbocycles. The molecule has 1 amide bonds. The summed E-state index contributed by atoms with van der Waals surface area (Å²) in [6, 6.07) is 15.6. The van der Waals surface area contributed by atoms with Gasteiger partial charge in [0.2, 0.25) is 0 Å². The van der Waals surface area contributed by atoms with Gasteiger partial charge < -0.3 is 14.6 Å². The van der Waals surface area contributed by atoms with Crippen LogP contribution < -0.4 is 10.1 Å². The van der Waals surface area contributed by atoms with E-state index in [9.17, 15) is 4.79 Å². The molecule has 0 unspecified atom stereocenters. The Labute approximate surface area is 155 Å². The van der Waals surface area contributed by atoms with Crippen LogP contribution >= 0.6 is 11.8 Å². The highest BCUT2D eigenvalue weighted by Crippen LogP contribution is 2.33. The summed E-state index contributed by atoms with van der Waals surface area (Å²) in [7, 11) is 3.60. The fraction of sp³-hybridized carbons (Fsp3) is 0.100. The highest BCUT2D eigenvalue weighted by atomic mass is 32.2. The van der Waals surface area contributed by atoms with Gasteiger partial charge in [-0.25, -0.2) is 4.99 Å². The third-order valence-electron chi connectivity index (χ3n) is 4.17. The van der Waals surface area contributed by atoms with E-state index in [1.54, 1.807) is 7.11 Å². The molecule has 1 saturated heterocycles. The lowest BCUT2D eigenvalue weighted by molar-refractivity contribution is -0.115. The molecule has 1 fully saturated rings. The lowest BCUT2D eigenvalue weighted by Gasteiger charge is -2.03. The number of rotatable bonds is 3. The normalized spacial score (nSPS) is 17.2. The molecule has 4 rings (SSSR count). The second kappa shape index (κ2) is 6.72. The van der Waals surface area contributed by atoms with E-state index in [2.05, 4.69) is 27.0 Å². The average molecular weight is 363 g/mol. The average Bonchev–Trinajstić information content (AvgIpc) is 3.16. The summed E-state index contributed by atoms with van der Waals surface area (Å²) in [5, 5.41) is 4.49. The number of nitrogens with one attached hydrogen (secondary N) is 1. The van der Waals surface area contributed by atoms with E-state index in [4.69, 9.17) is 4.74 Å². The Morgan fingerprint density at radius 1 is 1.15 bits per heavy atom. The zero-order valence-corrected chi connectivity index (χ0v) is 15.2. The second-order valence-corrected chi connectivity index (χ2v) is 6.90. The molecule has 6 heteroatoms. The number of benzene rings is 2. The number of hydrogen-bond donors (Lipinski definition) is 1. The van der Waals surface area contributed by atoms with Gasteiger partial charge >= 0.3 is 0 Å². The van der Waals surface area contributed by atoms with Gasteiger partial charge in [-0.3, -0.25) is 4.79 Å². The van der Waals surface area contributed by atoms with Gasteiger partial charge in [0, 0.05) is 29.7 Å². The molecule has 26 heavy (non-hydrogen) atoms. The van der Waals surface area contributed by atoms with E-state index < -0.39 is 0 Å². The van der Waals surface area contributed by atoms with Crippen molar-refractivity contribution >= 4 is 45.5 Å². The largest absolute Gasteiger partial charge is 0.494 e. The van der Waals surface area contributed by atoms with Crippen molar-refractivity contribution in [1.29, 1.82) is 0 Å². The van der Waals surface area contributed by atoms with Gasteiger partial charge in [0.05, 0.1) is 12.0 Å². The number of ether oxygens (including phenoxy) is 1. The summed E-state index contributed by atoms with van der Waals surface area (Å²) in [5.74, 6) is 0.526. The second-order valence-electron chi connectivity index (χ2n) is 5.87. The third kappa shape index (κ3) is 2.99. The van der Waals surface area contributed by atoms with Crippen molar-refractivity contribution in [3.05, 3.63) is 65.2 Å². The first kappa shape index (κ1) is 16.5. The monoisotopic (exact) mass is 363 g/mol. The summed E-state index contributed by atoms with van der Waals surface area (Å²) < 4.78 is 7.37. The first-order valence-electron chi connectivity index (χ1n) is 8.12. The zero-order valence-electron chi connectivity index (χ0n) is 14.4. The number of methoxy groups -OCH3 is 1. The van der Waals surface area contributed by atoms with Gasteiger partial charge in [0.1, 0.15) is 11.4 Å². The predicted molar refractivity (Wildman–Crippen MR) is 107 cm³/mol. The van der Waals surface area contributed by atoms with Crippen LogP contribution in [0.2, 0.25) is 0 Å². The first-order chi connectivity index (χ1) is 12.7. The third-order valence-corrected chi connectivity index (χ3v) is 5.08. The molecule has 1 aromatic heterocycles. The van der Waals surface area contributed by atoms with Crippen LogP contribution in [0.5, 0.6) is 5.75 Å². The lowest BCUT2D eigenvalue weighted by Crippen LogP contribution is -2.19. The minimum absolute atomic E-state index is 0.142. The van der Waals surface area contributed by atoms with Crippen molar-refractivity contribution in [2.45, 2.75) is 0 Å². The van der Waals surface area contributed by atoms with Gasteiger partial charge in [-0.15, -0.1) is 0 Å². The van der Waals surface area contributed by atoms with Crippen LogP contribution in [0.25, 0.3) is 17.0 Å². The molecule has 1 aliphatic heterocycles. The maximum atomic E-state index is 12.4. The number of amidine groups is 1. The van der Waals surface area contributed by atoms with Crippen molar-refractivity contribution in [2.75, 3.05) is 7.11 Å². The fourth-order valence-electron chi connectivity index (χ4n) is 2.94. The molecule has 1 N–H and O–H groups in total. The lowest BCUT2D eigenvalue weighted by atomic mass is 10.1. The molecule has 0 spiro atoms. The number of aliphatic imine (C=N–C) groups is 1. The molecule has 0 aliphatic carbocycles. The van der Waals surface area contributed by atoms with Crippen LogP contribution in [0, 0.1) is 0 Å². The van der Waals surface area contributed by atoms with Crippen molar-refractivity contribution in [1.82, 2.24) is 9.88 Å². The maximum absolute atomic E-state index is 12.4. The standard InChI is InChI=1S/C20H17N3O2S/c1-23-12-13(14-7-3-5-9-16(14)23)11-18-19(24)22-20(26-18)21-15-8-4-6-10-17(15)25-2/h3-12H,1-2H3,(H,21,22,24)/b18-11-. The molecule has 3 aromatic rings. The van der Waals surface area contributed by atoms with Gasteiger partial charge in [-0.05, 0) is 36.0 Å². The highest BCUT2D eigenvalue weighted by molar-refractivity contribution is 8.18. The van der Waals surface area contributed by atoms with Gasteiger partial charge in [0.15, 0.2) is 5.17 Å². The van der Waals surface area contributed by atoms with Crippen molar-refractivity contribution < 1.29 is 9.53 Å². The Kier molecular flexibility index (Phi) is 4.26. The van der Waals surface area contributed by atoms with E-state index in [0.717, 1.165) is 16.5 Å². The van der Waals surface area contributed by atoms with Crippen LogP contribution in [0.3, 0.4) is 0 Å². The Balaban J connectivity index is 1.68. The number of carbonyl (C=O) groups is 1. The number of fused-ring (bicyclic) bond motifs is 1. The number of thioether (sulfide) groups is 1. The Morgan fingerprint density at radius 2 is 1.92 bits per heavy atom. The van der Waals surface area contributed by atoms with Crippen molar-refractivity contribution in [3.8, 4) is 5.75 Å². The first-order valence-corrected chi connectivity index (χ1v) is 8.94. The number of amides is 1. The van der Waals surface area contributed by atoms with Crippen LogP contribution in [0.1, 0.15) is 5.56 Å². The van der Waals surface area contributed by atoms with Gasteiger partial charge in [-0.1, -0.05) is 30.3 Å². The summed E-state index contributed by atoms with van der Waals surface area (Å²) in [4.78, 5) is 17.5. The smallest absolute Gasteiger partial charge is 0.264 e. The highest BCUT2D eigenvalue weighted by Gasteiger charge is 2.24. The van der Waals surface area contributed by atoms with E-state index in [1.807, 2.05) is 55.7 Å². The zero-order chi connectivity index (χ0) is 18.1. The Bertz CT molecular complexity index is 1070. The molecule has 0 radical (unpaired) electrons. The topological polar surface area (TPSA) is 55.6 Å². The minimum atomic E-state index is -0.142. The summed E-state index contributed by atoms with van der Waals surface area (Å²) in [6.07, 6.45) is 3.94. The van der Waals surface area contributed by atoms with Crippen LogP contribution in [0.15, 0.2) is 64.6 Å². The number of para-hydroxylation sites is 3.